The third-order valence-corrected chi connectivity index (χ3v) is 10.7. The zero-order valence-electron chi connectivity index (χ0n) is 20.4. The average Bonchev–Trinajstić information content (AvgIpc) is 3.53. The Kier molecular flexibility index (Phi) is 5.43. The number of likely N-dealkylation sites (tertiary alicyclic amines) is 1. The van der Waals surface area contributed by atoms with Crippen molar-refractivity contribution in [2.75, 3.05) is 20.2 Å². The molecule has 2 saturated heterocycles. The lowest BCUT2D eigenvalue weighted by Gasteiger charge is -2.70. The number of methoxy groups -OCH3 is 1. The number of nitrogens with zero attached hydrogens (tertiary/aromatic N) is 1. The van der Waals surface area contributed by atoms with Crippen LogP contribution in [0.5, 0.6) is 0 Å². The molecule has 2 bridgehead atoms. The number of aliphatic hydroxyl groups excluding tert-OH is 1. The summed E-state index contributed by atoms with van der Waals surface area (Å²) in [6.45, 7) is 6.19. The summed E-state index contributed by atoms with van der Waals surface area (Å²) in [6.07, 6.45) is 7.87. The molecule has 2 heterocycles. The zero-order chi connectivity index (χ0) is 23.1. The third-order valence-electron chi connectivity index (χ3n) is 10.7. The number of ether oxygens (including phenoxy) is 2. The average molecular weight is 463 g/mol. The van der Waals surface area contributed by atoms with Gasteiger partial charge in [0.05, 0.1) is 23.9 Å². The zero-order valence-corrected chi connectivity index (χ0v) is 20.4. The van der Waals surface area contributed by atoms with Crippen LogP contribution in [0.2, 0.25) is 0 Å². The number of carboxylic acid groups (broad SMARTS) is 1. The van der Waals surface area contributed by atoms with Crippen LogP contribution in [0.25, 0.3) is 0 Å². The predicted molar refractivity (Wildman–Crippen MR) is 123 cm³/mol. The molecule has 2 aliphatic heterocycles. The van der Waals surface area contributed by atoms with Crippen molar-refractivity contribution in [1.82, 2.24) is 10.2 Å². The standard InChI is InChI=1S/C26H42N2O5/c1-14(2)21(24(30)31)27-17-8-9-26(32-3)19-12-16-6-7-18(29)22-20(16)25(26,23(17)33-22)10-11-28(19)13-15-4-5-15/h14-23,27,29H,4-13H2,1-3H3,(H,30,31)/t16?,17-,18?,19?,20?,21-,22?,23+,25+,26-/m1/s1. The molecular formula is C26H42N2O5. The van der Waals surface area contributed by atoms with Crippen molar-refractivity contribution < 1.29 is 24.5 Å². The Hall–Kier alpha value is -0.730. The molecule has 5 unspecified atom stereocenters. The number of carbonyl (C=O) groups is 1. The number of rotatable bonds is 7. The summed E-state index contributed by atoms with van der Waals surface area (Å²) in [5, 5.41) is 24.5. The molecule has 7 nitrogen and oxygen atoms in total. The van der Waals surface area contributed by atoms with Crippen LogP contribution in [0.4, 0.5) is 0 Å². The Bertz CT molecular complexity index is 789. The molecule has 6 rings (SSSR count). The second-order valence-electron chi connectivity index (χ2n) is 12.4. The number of carboxylic acids is 1. The first-order chi connectivity index (χ1) is 15.8. The van der Waals surface area contributed by atoms with Crippen LogP contribution >= 0.6 is 0 Å². The van der Waals surface area contributed by atoms with E-state index in [0.29, 0.717) is 17.9 Å². The first-order valence-electron chi connectivity index (χ1n) is 13.4. The Morgan fingerprint density at radius 3 is 2.67 bits per heavy atom. The lowest BCUT2D eigenvalue weighted by atomic mass is 9.42. The quantitative estimate of drug-likeness (QED) is 0.535. The minimum absolute atomic E-state index is 0.00405. The van der Waals surface area contributed by atoms with E-state index in [4.69, 9.17) is 9.47 Å². The van der Waals surface area contributed by atoms with Crippen molar-refractivity contribution in [3.63, 3.8) is 0 Å². The second kappa shape index (κ2) is 7.89. The monoisotopic (exact) mass is 462 g/mol. The Morgan fingerprint density at radius 2 is 2.00 bits per heavy atom. The van der Waals surface area contributed by atoms with Crippen LogP contribution in [0.1, 0.15) is 65.2 Å². The molecule has 7 heteroatoms. The summed E-state index contributed by atoms with van der Waals surface area (Å²) in [7, 11) is 1.90. The van der Waals surface area contributed by atoms with Crippen LogP contribution in [0.15, 0.2) is 0 Å². The highest BCUT2D eigenvalue weighted by atomic mass is 16.5. The molecule has 186 valence electrons. The molecule has 0 amide bonds. The molecule has 33 heavy (non-hydrogen) atoms. The van der Waals surface area contributed by atoms with E-state index in [-0.39, 0.29) is 35.2 Å². The van der Waals surface area contributed by atoms with Gasteiger partial charge in [-0.15, -0.1) is 0 Å². The summed E-state index contributed by atoms with van der Waals surface area (Å²) in [4.78, 5) is 14.8. The van der Waals surface area contributed by atoms with Crippen molar-refractivity contribution in [1.29, 1.82) is 0 Å². The highest BCUT2D eigenvalue weighted by Gasteiger charge is 2.78. The fourth-order valence-electron chi connectivity index (χ4n) is 9.23. The Balaban J connectivity index is 1.41. The number of hydrogen-bond donors (Lipinski definition) is 3. The van der Waals surface area contributed by atoms with Crippen molar-refractivity contribution in [2.24, 2.45) is 29.1 Å². The maximum absolute atomic E-state index is 12.0. The van der Waals surface area contributed by atoms with E-state index >= 15 is 0 Å². The van der Waals surface area contributed by atoms with E-state index in [0.717, 1.165) is 51.0 Å². The maximum Gasteiger partial charge on any atom is 0.320 e. The van der Waals surface area contributed by atoms with Gasteiger partial charge in [0.2, 0.25) is 0 Å². The topological polar surface area (TPSA) is 91.3 Å². The van der Waals surface area contributed by atoms with E-state index in [1.807, 2.05) is 21.0 Å². The molecule has 6 fully saturated rings. The fraction of sp³-hybridized carbons (Fsp3) is 0.962. The Labute approximate surface area is 197 Å². The molecule has 4 aliphatic carbocycles. The number of piperidine rings is 1. The van der Waals surface area contributed by atoms with Crippen LogP contribution in [0, 0.1) is 29.1 Å². The van der Waals surface area contributed by atoms with Crippen LogP contribution in [-0.4, -0.2) is 83.3 Å². The molecule has 1 spiro atoms. The van der Waals surface area contributed by atoms with Crippen LogP contribution in [-0.2, 0) is 14.3 Å². The molecule has 0 aromatic rings. The van der Waals surface area contributed by atoms with Gasteiger partial charge in [-0.25, -0.2) is 0 Å². The van der Waals surface area contributed by atoms with E-state index in [9.17, 15) is 15.0 Å². The summed E-state index contributed by atoms with van der Waals surface area (Å²) < 4.78 is 13.5. The van der Waals surface area contributed by atoms with Gasteiger partial charge < -0.3 is 19.7 Å². The van der Waals surface area contributed by atoms with Gasteiger partial charge in [0.25, 0.3) is 0 Å². The van der Waals surface area contributed by atoms with Crippen LogP contribution < -0.4 is 5.32 Å². The lowest BCUT2D eigenvalue weighted by molar-refractivity contribution is -0.272. The second-order valence-corrected chi connectivity index (χ2v) is 12.4. The van der Waals surface area contributed by atoms with Crippen LogP contribution in [0.3, 0.4) is 0 Å². The first-order valence-corrected chi connectivity index (χ1v) is 13.4. The number of nitrogens with one attached hydrogen (secondary N) is 1. The smallest absolute Gasteiger partial charge is 0.320 e. The first kappa shape index (κ1) is 22.7. The number of hydrogen-bond acceptors (Lipinski definition) is 6. The molecule has 6 aliphatic rings. The highest BCUT2D eigenvalue weighted by Crippen LogP contribution is 2.70. The molecule has 0 aromatic carbocycles. The minimum Gasteiger partial charge on any atom is -0.480 e. The van der Waals surface area contributed by atoms with Gasteiger partial charge in [0.1, 0.15) is 6.04 Å². The SMILES string of the molecule is CO[C@]12CC[C@@H](N[C@@H](C(=O)O)C(C)C)[C@@H]3OC4C(O)CCC5CC1N(CC1CC1)CC[C@]32C54. The minimum atomic E-state index is -0.792. The molecule has 4 saturated carbocycles. The molecule has 3 N–H and O–H groups in total. The van der Waals surface area contributed by atoms with Gasteiger partial charge in [0.15, 0.2) is 0 Å². The van der Waals surface area contributed by atoms with E-state index in [2.05, 4.69) is 10.2 Å². The van der Waals surface area contributed by atoms with E-state index < -0.39 is 18.1 Å². The summed E-state index contributed by atoms with van der Waals surface area (Å²) in [5.41, 5.74) is -0.427. The van der Waals surface area contributed by atoms with Gasteiger partial charge >= 0.3 is 5.97 Å². The van der Waals surface area contributed by atoms with E-state index in [1.165, 1.54) is 19.4 Å². The van der Waals surface area contributed by atoms with Gasteiger partial charge in [-0.05, 0) is 75.7 Å². The normalized spacial score (nSPS) is 49.7. The predicted octanol–water partition coefficient (Wildman–Crippen LogP) is 2.26. The van der Waals surface area contributed by atoms with Crippen molar-refractivity contribution in [3.05, 3.63) is 0 Å². The van der Waals surface area contributed by atoms with Crippen molar-refractivity contribution >= 4 is 5.97 Å². The lowest BCUT2D eigenvalue weighted by Crippen LogP contribution is -2.79. The largest absolute Gasteiger partial charge is 0.480 e. The number of aliphatic hydroxyl groups is 1. The van der Waals surface area contributed by atoms with Gasteiger partial charge in [-0.1, -0.05) is 13.8 Å². The summed E-state index contributed by atoms with van der Waals surface area (Å²) in [6, 6.07) is -0.216. The van der Waals surface area contributed by atoms with Crippen molar-refractivity contribution in [3.8, 4) is 0 Å². The molecule has 10 atom stereocenters. The number of aliphatic carboxylic acids is 1. The maximum atomic E-state index is 12.0. The molecule has 0 radical (unpaired) electrons. The third kappa shape index (κ3) is 3.08. The molecular weight excluding hydrogens is 420 g/mol. The highest BCUT2D eigenvalue weighted by molar-refractivity contribution is 5.73. The van der Waals surface area contributed by atoms with Gasteiger partial charge in [-0.3, -0.25) is 15.0 Å². The Morgan fingerprint density at radius 1 is 1.21 bits per heavy atom. The fourth-order valence-corrected chi connectivity index (χ4v) is 9.23. The summed E-state index contributed by atoms with van der Waals surface area (Å²) in [5.74, 6) is 0.911. The van der Waals surface area contributed by atoms with Gasteiger partial charge in [0, 0.05) is 37.1 Å². The summed E-state index contributed by atoms with van der Waals surface area (Å²) >= 11 is 0. The van der Waals surface area contributed by atoms with Crippen molar-refractivity contribution in [2.45, 2.75) is 107 Å². The van der Waals surface area contributed by atoms with Gasteiger partial charge in [-0.2, -0.15) is 0 Å². The van der Waals surface area contributed by atoms with E-state index in [1.54, 1.807) is 0 Å². The molecule has 0 aromatic heterocycles.